The van der Waals surface area contributed by atoms with E-state index in [2.05, 4.69) is 44.3 Å². The van der Waals surface area contributed by atoms with E-state index in [9.17, 15) is 0 Å². The maximum absolute atomic E-state index is 5.62. The van der Waals surface area contributed by atoms with E-state index >= 15 is 0 Å². The highest BCUT2D eigenvalue weighted by molar-refractivity contribution is 5.15. The quantitative estimate of drug-likeness (QED) is 0.774. The molecule has 0 spiro atoms. The van der Waals surface area contributed by atoms with Gasteiger partial charge >= 0.3 is 0 Å². The highest BCUT2D eigenvalue weighted by Crippen LogP contribution is 2.28. The second-order valence-electron chi connectivity index (χ2n) is 5.23. The predicted molar refractivity (Wildman–Crippen MR) is 74.6 cm³/mol. The zero-order valence-corrected chi connectivity index (χ0v) is 12.4. The Labute approximate surface area is 111 Å². The Morgan fingerprint density at radius 1 is 1.39 bits per heavy atom. The van der Waals surface area contributed by atoms with Gasteiger partial charge in [-0.15, -0.1) is 0 Å². The molecule has 0 aliphatic heterocycles. The van der Waals surface area contributed by atoms with E-state index in [0.29, 0.717) is 0 Å². The maximum Gasteiger partial charge on any atom is 0.0817 e. The molecule has 1 heterocycles. The first-order valence-corrected chi connectivity index (χ1v) is 6.86. The van der Waals surface area contributed by atoms with Gasteiger partial charge in [-0.3, -0.25) is 4.68 Å². The summed E-state index contributed by atoms with van der Waals surface area (Å²) in [6, 6.07) is 0.174. The van der Waals surface area contributed by atoms with Crippen LogP contribution >= 0.6 is 0 Å². The standard InChI is InChI=1S/C14H27N3O/c1-6-8-15-13(14(3,4)18-5)12-10-16-17(11-12)9-7-2/h10-11,13,15H,6-9H2,1-5H3. The van der Waals surface area contributed by atoms with Crippen molar-refractivity contribution in [1.82, 2.24) is 15.1 Å². The number of nitrogens with one attached hydrogen (secondary N) is 1. The number of ether oxygens (including phenoxy) is 1. The molecule has 1 rings (SSSR count). The monoisotopic (exact) mass is 253 g/mol. The van der Waals surface area contributed by atoms with Crippen LogP contribution in [0.15, 0.2) is 12.4 Å². The van der Waals surface area contributed by atoms with E-state index in [1.165, 1.54) is 5.56 Å². The van der Waals surface area contributed by atoms with E-state index in [1.54, 1.807) is 7.11 Å². The molecule has 1 unspecified atom stereocenters. The van der Waals surface area contributed by atoms with Gasteiger partial charge in [-0.2, -0.15) is 5.10 Å². The molecule has 4 heteroatoms. The Bertz CT molecular complexity index is 347. The van der Waals surface area contributed by atoms with Crippen molar-refractivity contribution in [2.24, 2.45) is 0 Å². The van der Waals surface area contributed by atoms with Crippen molar-refractivity contribution in [2.75, 3.05) is 13.7 Å². The van der Waals surface area contributed by atoms with Crippen LogP contribution in [0.1, 0.15) is 52.1 Å². The van der Waals surface area contributed by atoms with Crippen molar-refractivity contribution < 1.29 is 4.74 Å². The summed E-state index contributed by atoms with van der Waals surface area (Å²) in [4.78, 5) is 0. The molecule has 0 bridgehead atoms. The number of hydrogen-bond acceptors (Lipinski definition) is 3. The van der Waals surface area contributed by atoms with Crippen molar-refractivity contribution in [3.63, 3.8) is 0 Å². The molecule has 1 aromatic heterocycles. The van der Waals surface area contributed by atoms with Gasteiger partial charge in [-0.25, -0.2) is 0 Å². The number of rotatable bonds is 8. The summed E-state index contributed by atoms with van der Waals surface area (Å²) in [6.07, 6.45) is 6.28. The summed E-state index contributed by atoms with van der Waals surface area (Å²) >= 11 is 0. The fraction of sp³-hybridized carbons (Fsp3) is 0.786. The molecule has 0 amide bonds. The van der Waals surface area contributed by atoms with Gasteiger partial charge in [0.1, 0.15) is 0 Å². The SMILES string of the molecule is CCCNC(c1cnn(CCC)c1)C(C)(C)OC. The van der Waals surface area contributed by atoms with Crippen LogP contribution < -0.4 is 5.32 Å². The molecule has 4 nitrogen and oxygen atoms in total. The minimum atomic E-state index is -0.241. The van der Waals surface area contributed by atoms with Crippen LogP contribution in [0.2, 0.25) is 0 Å². The van der Waals surface area contributed by atoms with Crippen molar-refractivity contribution in [1.29, 1.82) is 0 Å². The third-order valence-corrected chi connectivity index (χ3v) is 3.26. The van der Waals surface area contributed by atoms with Gasteiger partial charge in [0.05, 0.1) is 17.8 Å². The largest absolute Gasteiger partial charge is 0.377 e. The van der Waals surface area contributed by atoms with Crippen molar-refractivity contribution in [2.45, 2.75) is 58.7 Å². The van der Waals surface area contributed by atoms with Gasteiger partial charge in [0.25, 0.3) is 0 Å². The average molecular weight is 253 g/mol. The fourth-order valence-electron chi connectivity index (χ4n) is 2.05. The van der Waals surface area contributed by atoms with Crippen molar-refractivity contribution >= 4 is 0 Å². The lowest BCUT2D eigenvalue weighted by Crippen LogP contribution is -2.41. The highest BCUT2D eigenvalue weighted by Gasteiger charge is 2.31. The van der Waals surface area contributed by atoms with Crippen molar-refractivity contribution in [3.05, 3.63) is 18.0 Å². The molecular formula is C14H27N3O. The summed E-state index contributed by atoms with van der Waals surface area (Å²) in [5, 5.41) is 7.96. The lowest BCUT2D eigenvalue weighted by molar-refractivity contribution is -0.0111. The second-order valence-corrected chi connectivity index (χ2v) is 5.23. The van der Waals surface area contributed by atoms with Gasteiger partial charge in [0.15, 0.2) is 0 Å². The van der Waals surface area contributed by atoms with Crippen LogP contribution in [0.25, 0.3) is 0 Å². The van der Waals surface area contributed by atoms with Crippen LogP contribution in [-0.2, 0) is 11.3 Å². The fourth-order valence-corrected chi connectivity index (χ4v) is 2.05. The summed E-state index contributed by atoms with van der Waals surface area (Å²) in [5.74, 6) is 0. The Morgan fingerprint density at radius 3 is 2.67 bits per heavy atom. The van der Waals surface area contributed by atoms with E-state index in [0.717, 1.165) is 25.9 Å². The lowest BCUT2D eigenvalue weighted by atomic mass is 9.93. The van der Waals surface area contributed by atoms with E-state index in [-0.39, 0.29) is 11.6 Å². The normalized spacial score (nSPS) is 13.8. The number of methoxy groups -OCH3 is 1. The molecule has 0 aliphatic rings. The summed E-state index contributed by atoms with van der Waals surface area (Å²) < 4.78 is 7.62. The molecule has 0 fully saturated rings. The van der Waals surface area contributed by atoms with E-state index < -0.39 is 0 Å². The minimum absolute atomic E-state index is 0.174. The van der Waals surface area contributed by atoms with Crippen molar-refractivity contribution in [3.8, 4) is 0 Å². The van der Waals surface area contributed by atoms with Gasteiger partial charge < -0.3 is 10.1 Å². The first-order chi connectivity index (χ1) is 8.55. The number of hydrogen-bond donors (Lipinski definition) is 1. The molecule has 0 saturated carbocycles. The third-order valence-electron chi connectivity index (χ3n) is 3.26. The van der Waals surface area contributed by atoms with Crippen LogP contribution in [0.5, 0.6) is 0 Å². The summed E-state index contributed by atoms with van der Waals surface area (Å²) in [6.45, 7) is 10.5. The maximum atomic E-state index is 5.62. The van der Waals surface area contributed by atoms with Gasteiger partial charge in [-0.1, -0.05) is 13.8 Å². The van der Waals surface area contributed by atoms with Gasteiger partial charge in [-0.05, 0) is 33.2 Å². The number of aromatic nitrogens is 2. The zero-order chi connectivity index (χ0) is 13.6. The Kier molecular flexibility index (Phi) is 5.82. The number of aryl methyl sites for hydroxylation is 1. The topological polar surface area (TPSA) is 39.1 Å². The van der Waals surface area contributed by atoms with Gasteiger partial charge in [0, 0.05) is 25.4 Å². The Morgan fingerprint density at radius 2 is 2.11 bits per heavy atom. The smallest absolute Gasteiger partial charge is 0.0817 e. The summed E-state index contributed by atoms with van der Waals surface area (Å²) in [5.41, 5.74) is 0.957. The lowest BCUT2D eigenvalue weighted by Gasteiger charge is -2.33. The van der Waals surface area contributed by atoms with Crippen LogP contribution in [0.4, 0.5) is 0 Å². The first-order valence-electron chi connectivity index (χ1n) is 6.86. The van der Waals surface area contributed by atoms with E-state index in [1.807, 2.05) is 10.9 Å². The minimum Gasteiger partial charge on any atom is -0.377 e. The Hall–Kier alpha value is -0.870. The average Bonchev–Trinajstić information content (AvgIpc) is 2.78. The molecular weight excluding hydrogens is 226 g/mol. The number of nitrogens with zero attached hydrogens (tertiary/aromatic N) is 2. The predicted octanol–water partition coefficient (Wildman–Crippen LogP) is 2.76. The molecule has 18 heavy (non-hydrogen) atoms. The second kappa shape index (κ2) is 6.90. The molecule has 0 aromatic carbocycles. The summed E-state index contributed by atoms with van der Waals surface area (Å²) in [7, 11) is 1.76. The van der Waals surface area contributed by atoms with E-state index in [4.69, 9.17) is 4.74 Å². The molecule has 0 saturated heterocycles. The molecule has 1 aromatic rings. The van der Waals surface area contributed by atoms with Crippen LogP contribution in [0.3, 0.4) is 0 Å². The molecule has 0 aliphatic carbocycles. The third kappa shape index (κ3) is 3.82. The van der Waals surface area contributed by atoms with Gasteiger partial charge in [0.2, 0.25) is 0 Å². The molecule has 1 atom stereocenters. The van der Waals surface area contributed by atoms with Crippen LogP contribution in [0, 0.1) is 0 Å². The first kappa shape index (κ1) is 15.2. The Balaban J connectivity index is 2.86. The molecule has 0 radical (unpaired) electrons. The molecule has 104 valence electrons. The molecule has 1 N–H and O–H groups in total. The zero-order valence-electron chi connectivity index (χ0n) is 12.4. The highest BCUT2D eigenvalue weighted by atomic mass is 16.5. The van der Waals surface area contributed by atoms with Crippen LogP contribution in [-0.4, -0.2) is 29.0 Å².